The van der Waals surface area contributed by atoms with Crippen LogP contribution < -0.4 is 0 Å². The molecule has 0 aromatic heterocycles. The number of aryl methyl sites for hydroxylation is 1. The highest BCUT2D eigenvalue weighted by atomic mass is 16.3. The van der Waals surface area contributed by atoms with E-state index in [0.29, 0.717) is 23.8 Å². The number of aliphatic hydroxyl groups is 1. The average Bonchev–Trinajstić information content (AvgIpc) is 3.20. The minimum absolute atomic E-state index is 0.00242. The van der Waals surface area contributed by atoms with E-state index in [0.717, 1.165) is 37.7 Å². The van der Waals surface area contributed by atoms with Gasteiger partial charge in [-0.15, -0.1) is 0 Å². The van der Waals surface area contributed by atoms with Crippen LogP contribution in [0.25, 0.3) is 0 Å². The molecule has 1 amide bonds. The number of rotatable bonds is 8. The van der Waals surface area contributed by atoms with Gasteiger partial charge in [0.05, 0.1) is 6.10 Å². The summed E-state index contributed by atoms with van der Waals surface area (Å²) in [4.78, 5) is 25.8. The molecule has 0 saturated heterocycles. The molecular formula is C25H33NO3. The van der Waals surface area contributed by atoms with Crippen molar-refractivity contribution in [3.63, 3.8) is 0 Å². The highest BCUT2D eigenvalue weighted by Gasteiger charge is 2.43. The van der Waals surface area contributed by atoms with E-state index in [-0.39, 0.29) is 23.7 Å². The summed E-state index contributed by atoms with van der Waals surface area (Å²) in [6, 6.07) is 7.60. The monoisotopic (exact) mass is 395 g/mol. The molecule has 1 aromatic carbocycles. The van der Waals surface area contributed by atoms with E-state index in [1.54, 1.807) is 25.1 Å². The highest BCUT2D eigenvalue weighted by Crippen LogP contribution is 2.48. The molecule has 1 saturated carbocycles. The number of allylic oxidation sites excluding steroid dienone is 3. The van der Waals surface area contributed by atoms with Crippen LogP contribution in [0.4, 0.5) is 0 Å². The van der Waals surface area contributed by atoms with Crippen LogP contribution in [0, 0.1) is 24.7 Å². The first-order valence-electron chi connectivity index (χ1n) is 10.7. The third-order valence-corrected chi connectivity index (χ3v) is 6.39. The lowest BCUT2D eigenvalue weighted by Gasteiger charge is -2.18. The molecule has 29 heavy (non-hydrogen) atoms. The second kappa shape index (κ2) is 9.53. The molecule has 4 nitrogen and oxygen atoms in total. The van der Waals surface area contributed by atoms with Crippen molar-refractivity contribution in [3.05, 3.63) is 59.2 Å². The summed E-state index contributed by atoms with van der Waals surface area (Å²) in [7, 11) is 3.59. The van der Waals surface area contributed by atoms with Gasteiger partial charge in [-0.1, -0.05) is 47.6 Å². The molecule has 1 N–H and O–H groups in total. The molecule has 2 aliphatic carbocycles. The zero-order valence-electron chi connectivity index (χ0n) is 17.8. The number of amides is 1. The van der Waals surface area contributed by atoms with E-state index >= 15 is 0 Å². The third kappa shape index (κ3) is 5.45. The van der Waals surface area contributed by atoms with Crippen LogP contribution in [-0.4, -0.2) is 41.9 Å². The maximum Gasteiger partial charge on any atom is 0.222 e. The van der Waals surface area contributed by atoms with Crippen molar-refractivity contribution < 1.29 is 14.7 Å². The first kappa shape index (κ1) is 21.5. The van der Waals surface area contributed by atoms with E-state index in [1.807, 2.05) is 37.3 Å². The van der Waals surface area contributed by atoms with Crippen molar-refractivity contribution in [1.82, 2.24) is 4.90 Å². The summed E-state index contributed by atoms with van der Waals surface area (Å²) in [5.74, 6) is 1.03. The number of carbonyl (C=O) groups is 2. The zero-order chi connectivity index (χ0) is 21.0. The van der Waals surface area contributed by atoms with Crippen molar-refractivity contribution in [2.45, 2.75) is 51.6 Å². The van der Waals surface area contributed by atoms with Gasteiger partial charge in [-0.05, 0) is 56.9 Å². The van der Waals surface area contributed by atoms with Crippen molar-refractivity contribution in [2.24, 2.45) is 17.8 Å². The first-order valence-corrected chi connectivity index (χ1v) is 10.7. The molecule has 4 heteroatoms. The number of benzene rings is 1. The molecule has 4 atom stereocenters. The van der Waals surface area contributed by atoms with Gasteiger partial charge in [-0.3, -0.25) is 9.59 Å². The molecule has 0 aliphatic heterocycles. The van der Waals surface area contributed by atoms with Crippen molar-refractivity contribution in [2.75, 3.05) is 14.1 Å². The molecule has 3 rings (SSSR count). The maximum absolute atomic E-state index is 12.4. The lowest BCUT2D eigenvalue weighted by Crippen LogP contribution is -2.21. The molecule has 0 heterocycles. The number of nitrogens with zero attached hydrogens (tertiary/aromatic N) is 1. The van der Waals surface area contributed by atoms with Gasteiger partial charge in [0.25, 0.3) is 0 Å². The minimum Gasteiger partial charge on any atom is -0.392 e. The fraction of sp³-hybridized carbons (Fsp3) is 0.520. The Labute approximate surface area is 174 Å². The fourth-order valence-electron chi connectivity index (χ4n) is 4.66. The predicted octanol–water partition coefficient (Wildman–Crippen LogP) is 4.33. The van der Waals surface area contributed by atoms with Crippen LogP contribution >= 0.6 is 0 Å². The van der Waals surface area contributed by atoms with E-state index < -0.39 is 0 Å². The Bertz CT molecular complexity index is 791. The smallest absolute Gasteiger partial charge is 0.222 e. The van der Waals surface area contributed by atoms with E-state index in [4.69, 9.17) is 0 Å². The number of hydrogen-bond donors (Lipinski definition) is 1. The Balaban J connectivity index is 1.51. The number of hydrogen-bond acceptors (Lipinski definition) is 3. The van der Waals surface area contributed by atoms with Gasteiger partial charge >= 0.3 is 0 Å². The lowest BCUT2D eigenvalue weighted by molar-refractivity contribution is -0.128. The van der Waals surface area contributed by atoms with Gasteiger partial charge in [0.1, 0.15) is 0 Å². The molecule has 1 fully saturated rings. The Morgan fingerprint density at radius 2 is 1.90 bits per heavy atom. The predicted molar refractivity (Wildman–Crippen MR) is 116 cm³/mol. The number of unbranched alkanes of at least 4 members (excludes halogenated alkanes) is 1. The number of fused-ring (bicyclic) bond motifs is 1. The van der Waals surface area contributed by atoms with Crippen molar-refractivity contribution in [1.29, 1.82) is 0 Å². The second-order valence-electron chi connectivity index (χ2n) is 8.82. The summed E-state index contributed by atoms with van der Waals surface area (Å²) in [5, 5.41) is 10.5. The quantitative estimate of drug-likeness (QED) is 0.309. The molecule has 2 aliphatic rings. The summed E-state index contributed by atoms with van der Waals surface area (Å²) >= 11 is 0. The molecule has 1 aromatic rings. The third-order valence-electron chi connectivity index (χ3n) is 6.39. The number of aliphatic hydroxyl groups excluding tert-OH is 1. The maximum atomic E-state index is 12.4. The van der Waals surface area contributed by atoms with Crippen molar-refractivity contribution >= 4 is 11.7 Å². The van der Waals surface area contributed by atoms with Gasteiger partial charge in [0, 0.05) is 32.0 Å². The summed E-state index contributed by atoms with van der Waals surface area (Å²) in [6.07, 6.45) is 10.9. The molecular weight excluding hydrogens is 362 g/mol. The number of carbonyl (C=O) groups excluding carboxylic acids is 2. The van der Waals surface area contributed by atoms with E-state index in [9.17, 15) is 14.7 Å². The first-order chi connectivity index (χ1) is 13.8. The standard InChI is InChI=1S/C25H33NO3/c1-17-8-10-19(11-9-17)23(27)13-12-21-22-15-18(14-20(22)16-24(21)28)6-4-5-7-25(29)26(2)3/h8-14,20-22,24,28H,4-7,15-16H2,1-3H3/b13-12+/t20-,21+,22-,24+/m0/s1. The van der Waals surface area contributed by atoms with Crippen molar-refractivity contribution in [3.8, 4) is 0 Å². The second-order valence-corrected chi connectivity index (χ2v) is 8.82. The summed E-state index contributed by atoms with van der Waals surface area (Å²) < 4.78 is 0. The minimum atomic E-state index is -0.373. The largest absolute Gasteiger partial charge is 0.392 e. The fourth-order valence-corrected chi connectivity index (χ4v) is 4.66. The number of ketones is 1. The van der Waals surface area contributed by atoms with Crippen LogP contribution in [-0.2, 0) is 4.79 Å². The lowest BCUT2D eigenvalue weighted by atomic mass is 9.88. The zero-order valence-corrected chi connectivity index (χ0v) is 17.8. The average molecular weight is 396 g/mol. The van der Waals surface area contributed by atoms with Gasteiger partial charge in [0.2, 0.25) is 5.91 Å². The Hall–Kier alpha value is -2.20. The van der Waals surface area contributed by atoms with Crippen LogP contribution in [0.1, 0.15) is 54.4 Å². The topological polar surface area (TPSA) is 57.6 Å². The molecule has 0 bridgehead atoms. The van der Waals surface area contributed by atoms with Crippen LogP contribution in [0.2, 0.25) is 0 Å². The van der Waals surface area contributed by atoms with Crippen LogP contribution in [0.3, 0.4) is 0 Å². The Morgan fingerprint density at radius 1 is 1.17 bits per heavy atom. The molecule has 156 valence electrons. The summed E-state index contributed by atoms with van der Waals surface area (Å²) in [6.45, 7) is 2.00. The van der Waals surface area contributed by atoms with Gasteiger partial charge in [-0.2, -0.15) is 0 Å². The SMILES string of the molecule is Cc1ccc(C(=O)/C=C/[C@@H]2[C@H]3CC(CCCCC(=O)N(C)C)=C[C@H]3C[C@H]2O)cc1. The normalized spacial score (nSPS) is 25.9. The Kier molecular flexibility index (Phi) is 7.07. The van der Waals surface area contributed by atoms with Crippen LogP contribution in [0.5, 0.6) is 0 Å². The molecule has 0 spiro atoms. The van der Waals surface area contributed by atoms with Gasteiger partial charge in [0.15, 0.2) is 5.78 Å². The van der Waals surface area contributed by atoms with E-state index in [1.165, 1.54) is 5.57 Å². The summed E-state index contributed by atoms with van der Waals surface area (Å²) in [5.41, 5.74) is 3.27. The van der Waals surface area contributed by atoms with Crippen LogP contribution in [0.15, 0.2) is 48.1 Å². The Morgan fingerprint density at radius 3 is 2.59 bits per heavy atom. The van der Waals surface area contributed by atoms with Gasteiger partial charge < -0.3 is 10.0 Å². The molecule has 0 radical (unpaired) electrons. The van der Waals surface area contributed by atoms with Gasteiger partial charge in [-0.25, -0.2) is 0 Å². The molecule has 0 unspecified atom stereocenters. The highest BCUT2D eigenvalue weighted by molar-refractivity contribution is 6.04. The van der Waals surface area contributed by atoms with E-state index in [2.05, 4.69) is 6.08 Å².